The van der Waals surface area contributed by atoms with Crippen molar-refractivity contribution < 1.29 is 9.53 Å². The van der Waals surface area contributed by atoms with Gasteiger partial charge in [0.1, 0.15) is 17.0 Å². The Morgan fingerprint density at radius 1 is 0.889 bits per heavy atom. The van der Waals surface area contributed by atoms with Crippen molar-refractivity contribution >= 4 is 40.4 Å². The number of hydrogen-bond acceptors (Lipinski definition) is 5. The molecule has 1 aliphatic heterocycles. The zero-order valence-corrected chi connectivity index (χ0v) is 20.1. The van der Waals surface area contributed by atoms with Crippen LogP contribution in [0.1, 0.15) is 17.0 Å². The number of para-hydroxylation sites is 1. The first kappa shape index (κ1) is 21.7. The summed E-state index contributed by atoms with van der Waals surface area (Å²) in [7, 11) is 1.51. The molecule has 3 aromatic heterocycles. The molecule has 7 heteroatoms. The summed E-state index contributed by atoms with van der Waals surface area (Å²) in [6, 6.07) is 25.6. The van der Waals surface area contributed by atoms with E-state index in [2.05, 4.69) is 18.0 Å². The summed E-state index contributed by atoms with van der Waals surface area (Å²) in [5.41, 5.74) is 6.93. The Labute approximate surface area is 208 Å². The molecule has 0 aliphatic carbocycles. The third kappa shape index (κ3) is 3.44. The molecule has 1 amide bonds. The topological polar surface area (TPSA) is 72.1 Å². The van der Waals surface area contributed by atoms with Crippen LogP contribution in [0.5, 0.6) is 0 Å². The number of rotatable bonds is 3. The predicted molar refractivity (Wildman–Crippen MR) is 142 cm³/mol. The highest BCUT2D eigenvalue weighted by Crippen LogP contribution is 2.32. The molecule has 0 radical (unpaired) electrons. The summed E-state index contributed by atoms with van der Waals surface area (Å²) in [5, 5.41) is 1.02. The first-order chi connectivity index (χ1) is 17.5. The molecule has 0 bridgehead atoms. The Hall–Kier alpha value is -4.78. The minimum atomic E-state index is -0.271. The molecular formula is C29H23N5O2. The fourth-order valence-corrected chi connectivity index (χ4v) is 4.66. The summed E-state index contributed by atoms with van der Waals surface area (Å²) >= 11 is 0. The van der Waals surface area contributed by atoms with Gasteiger partial charge in [0.05, 0.1) is 24.2 Å². The lowest BCUT2D eigenvalue weighted by atomic mass is 10.1. The van der Waals surface area contributed by atoms with E-state index < -0.39 is 0 Å². The van der Waals surface area contributed by atoms with Gasteiger partial charge >= 0.3 is 6.02 Å². The molecule has 176 valence electrons. The maximum Gasteiger partial charge on any atom is 0.304 e. The quantitative estimate of drug-likeness (QED) is 0.322. The van der Waals surface area contributed by atoms with Gasteiger partial charge in [-0.15, -0.1) is 0 Å². The molecule has 4 heterocycles. The molecule has 5 aromatic rings. The summed E-state index contributed by atoms with van der Waals surface area (Å²) in [6.07, 6.45) is 1.78. The van der Waals surface area contributed by atoms with E-state index in [0.29, 0.717) is 5.69 Å². The first-order valence-corrected chi connectivity index (χ1v) is 11.6. The number of amidine groups is 1. The first-order valence-electron chi connectivity index (χ1n) is 11.6. The van der Waals surface area contributed by atoms with Crippen molar-refractivity contribution in [1.29, 1.82) is 0 Å². The summed E-state index contributed by atoms with van der Waals surface area (Å²) in [5.74, 6) is -0.271. The third-order valence-corrected chi connectivity index (χ3v) is 6.27. The number of nitrogens with zero attached hydrogens (tertiary/aromatic N) is 5. The van der Waals surface area contributed by atoms with Gasteiger partial charge in [-0.1, -0.05) is 48.5 Å². The summed E-state index contributed by atoms with van der Waals surface area (Å²) < 4.78 is 7.49. The average molecular weight is 474 g/mol. The van der Waals surface area contributed by atoms with E-state index in [-0.39, 0.29) is 17.6 Å². The van der Waals surface area contributed by atoms with Gasteiger partial charge in [-0.3, -0.25) is 9.20 Å². The Bertz CT molecular complexity index is 1700. The monoisotopic (exact) mass is 473 g/mol. The normalized spacial score (nSPS) is 14.8. The summed E-state index contributed by atoms with van der Waals surface area (Å²) in [6.45, 7) is 4.05. The Kier molecular flexibility index (Phi) is 5.11. The minimum Gasteiger partial charge on any atom is -0.468 e. The Balaban J connectivity index is 1.63. The molecule has 2 aromatic carbocycles. The number of carbonyl (C=O) groups is 1. The van der Waals surface area contributed by atoms with E-state index in [1.165, 1.54) is 12.0 Å². The van der Waals surface area contributed by atoms with Crippen molar-refractivity contribution in [3.8, 4) is 11.3 Å². The van der Waals surface area contributed by atoms with Crippen LogP contribution in [0.3, 0.4) is 0 Å². The molecule has 0 atom stereocenters. The molecule has 0 spiro atoms. The molecule has 36 heavy (non-hydrogen) atoms. The zero-order valence-electron chi connectivity index (χ0n) is 20.1. The second-order valence-electron chi connectivity index (χ2n) is 8.66. The van der Waals surface area contributed by atoms with Crippen LogP contribution in [0.25, 0.3) is 34.0 Å². The molecule has 0 saturated carbocycles. The lowest BCUT2D eigenvalue weighted by Crippen LogP contribution is -2.32. The van der Waals surface area contributed by atoms with Crippen LogP contribution in [-0.2, 0) is 9.53 Å². The van der Waals surface area contributed by atoms with Crippen molar-refractivity contribution in [2.75, 3.05) is 12.0 Å². The van der Waals surface area contributed by atoms with Gasteiger partial charge in [0.2, 0.25) is 0 Å². The fourth-order valence-electron chi connectivity index (χ4n) is 4.66. The second kappa shape index (κ2) is 8.46. The molecule has 6 rings (SSSR count). The van der Waals surface area contributed by atoms with Crippen LogP contribution in [0, 0.1) is 13.8 Å². The van der Waals surface area contributed by atoms with Gasteiger partial charge in [-0.05, 0) is 55.8 Å². The minimum absolute atomic E-state index is 0.224. The number of pyridine rings is 2. The Morgan fingerprint density at radius 3 is 2.33 bits per heavy atom. The smallest absolute Gasteiger partial charge is 0.304 e. The average Bonchev–Trinajstić information content (AvgIpc) is 3.42. The number of methoxy groups -OCH3 is 1. The SMILES string of the molecule is COC1=N/C(=C\c2c(-c3ccccc3)nc3ccc4c(C)cc(C)nc4n23)C(=O)N1c1ccccc1. The van der Waals surface area contributed by atoms with E-state index in [9.17, 15) is 4.79 Å². The molecule has 7 nitrogen and oxygen atoms in total. The number of fused-ring (bicyclic) bond motifs is 3. The number of imidazole rings is 1. The van der Waals surface area contributed by atoms with E-state index in [0.717, 1.165) is 44.9 Å². The third-order valence-electron chi connectivity index (χ3n) is 6.27. The van der Waals surface area contributed by atoms with Crippen LogP contribution in [0.4, 0.5) is 5.69 Å². The number of aryl methyl sites for hydroxylation is 2. The highest BCUT2D eigenvalue weighted by molar-refractivity contribution is 6.26. The molecule has 0 unspecified atom stereocenters. The van der Waals surface area contributed by atoms with Crippen molar-refractivity contribution in [3.05, 3.63) is 102 Å². The zero-order chi connectivity index (χ0) is 24.8. The van der Waals surface area contributed by atoms with Crippen molar-refractivity contribution in [2.24, 2.45) is 4.99 Å². The number of aromatic nitrogens is 3. The molecule has 0 N–H and O–H groups in total. The molecule has 0 saturated heterocycles. The Morgan fingerprint density at radius 2 is 1.61 bits per heavy atom. The predicted octanol–water partition coefficient (Wildman–Crippen LogP) is 5.56. The van der Waals surface area contributed by atoms with Crippen molar-refractivity contribution in [3.63, 3.8) is 0 Å². The largest absolute Gasteiger partial charge is 0.468 e. The number of aliphatic imine (C=N–C) groups is 1. The highest BCUT2D eigenvalue weighted by Gasteiger charge is 2.33. The maximum absolute atomic E-state index is 13.6. The van der Waals surface area contributed by atoms with Crippen LogP contribution >= 0.6 is 0 Å². The van der Waals surface area contributed by atoms with E-state index in [1.54, 1.807) is 6.08 Å². The van der Waals surface area contributed by atoms with Crippen LogP contribution in [0.2, 0.25) is 0 Å². The van der Waals surface area contributed by atoms with Crippen LogP contribution < -0.4 is 4.90 Å². The fraction of sp³-hybridized carbons (Fsp3) is 0.103. The lowest BCUT2D eigenvalue weighted by molar-refractivity contribution is -0.113. The van der Waals surface area contributed by atoms with Gasteiger partial charge < -0.3 is 4.74 Å². The van der Waals surface area contributed by atoms with Gasteiger partial charge in [0.25, 0.3) is 5.91 Å². The molecular weight excluding hydrogens is 450 g/mol. The van der Waals surface area contributed by atoms with E-state index in [4.69, 9.17) is 14.7 Å². The molecule has 1 aliphatic rings. The number of carbonyl (C=O) groups excluding carboxylic acids is 1. The van der Waals surface area contributed by atoms with E-state index in [1.807, 2.05) is 84.1 Å². The van der Waals surface area contributed by atoms with Crippen LogP contribution in [0.15, 0.2) is 89.6 Å². The number of hydrogen-bond donors (Lipinski definition) is 0. The lowest BCUT2D eigenvalue weighted by Gasteiger charge is -2.16. The number of benzene rings is 2. The van der Waals surface area contributed by atoms with Gasteiger partial charge in [0.15, 0.2) is 0 Å². The highest BCUT2D eigenvalue weighted by atomic mass is 16.5. The van der Waals surface area contributed by atoms with Gasteiger partial charge in [-0.25, -0.2) is 14.9 Å². The maximum atomic E-state index is 13.6. The second-order valence-corrected chi connectivity index (χ2v) is 8.66. The van der Waals surface area contributed by atoms with Gasteiger partial charge in [0, 0.05) is 16.6 Å². The standard InChI is InChI=1S/C29H23N5O2/c1-18-16-19(2)30-27-22(18)14-15-25-32-26(20-10-6-4-7-11-20)24(34(25)27)17-23-28(35)33(29(31-23)36-3)21-12-8-5-9-13-21/h4-17H,1-3H3/b23-17-. The summed E-state index contributed by atoms with van der Waals surface area (Å²) in [4.78, 5) is 29.4. The van der Waals surface area contributed by atoms with E-state index >= 15 is 0 Å². The van der Waals surface area contributed by atoms with Crippen molar-refractivity contribution in [1.82, 2.24) is 14.4 Å². The van der Waals surface area contributed by atoms with Crippen molar-refractivity contribution in [2.45, 2.75) is 13.8 Å². The number of anilines is 1. The molecule has 0 fully saturated rings. The number of amides is 1. The number of ether oxygens (including phenoxy) is 1. The van der Waals surface area contributed by atoms with Gasteiger partial charge in [-0.2, -0.15) is 4.99 Å². The van der Waals surface area contributed by atoms with Crippen LogP contribution in [-0.4, -0.2) is 33.4 Å².